The quantitative estimate of drug-likeness (QED) is 0.371. The van der Waals surface area contributed by atoms with E-state index in [4.69, 9.17) is 11.6 Å². The van der Waals surface area contributed by atoms with Gasteiger partial charge in [0, 0.05) is 24.5 Å². The normalized spacial score (nSPS) is 12.0. The number of anilines is 1. The first kappa shape index (κ1) is 28.2. The first-order chi connectivity index (χ1) is 17.7. The SMILES string of the molecule is CCCNC(=O)[C@@H](Cc1ccccc1)N(Cc1ccccc1)C(=O)CN(c1ccc(Cl)cc1)S(C)(=O)=O. The molecule has 0 heterocycles. The smallest absolute Gasteiger partial charge is 0.244 e. The zero-order valence-corrected chi connectivity index (χ0v) is 22.6. The van der Waals surface area contributed by atoms with E-state index in [0.717, 1.165) is 28.1 Å². The van der Waals surface area contributed by atoms with Crippen LogP contribution in [0, 0.1) is 0 Å². The van der Waals surface area contributed by atoms with Gasteiger partial charge in [-0.05, 0) is 41.8 Å². The van der Waals surface area contributed by atoms with E-state index >= 15 is 0 Å². The highest BCUT2D eigenvalue weighted by Gasteiger charge is 2.32. The number of benzene rings is 3. The number of halogens is 1. The molecule has 9 heteroatoms. The Morgan fingerprint density at radius 1 is 0.892 bits per heavy atom. The summed E-state index contributed by atoms with van der Waals surface area (Å²) in [5.74, 6) is -0.774. The third-order valence-electron chi connectivity index (χ3n) is 5.81. The van der Waals surface area contributed by atoms with Crippen LogP contribution < -0.4 is 9.62 Å². The topological polar surface area (TPSA) is 86.8 Å². The predicted molar refractivity (Wildman–Crippen MR) is 148 cm³/mol. The van der Waals surface area contributed by atoms with Crippen molar-refractivity contribution in [3.8, 4) is 0 Å². The minimum absolute atomic E-state index is 0.148. The van der Waals surface area contributed by atoms with Crippen LogP contribution in [0.25, 0.3) is 0 Å². The highest BCUT2D eigenvalue weighted by atomic mass is 35.5. The van der Waals surface area contributed by atoms with E-state index in [0.29, 0.717) is 17.3 Å². The molecule has 1 N–H and O–H groups in total. The average molecular weight is 542 g/mol. The van der Waals surface area contributed by atoms with Crippen LogP contribution in [0.1, 0.15) is 24.5 Å². The molecular weight excluding hydrogens is 510 g/mol. The van der Waals surface area contributed by atoms with E-state index < -0.39 is 28.5 Å². The second-order valence-corrected chi connectivity index (χ2v) is 11.1. The minimum atomic E-state index is -3.81. The molecule has 0 aliphatic heterocycles. The number of sulfonamides is 1. The number of amides is 2. The number of rotatable bonds is 12. The third kappa shape index (κ3) is 8.33. The van der Waals surface area contributed by atoms with Crippen molar-refractivity contribution >= 4 is 39.1 Å². The lowest BCUT2D eigenvalue weighted by Crippen LogP contribution is -2.53. The molecule has 0 aliphatic carbocycles. The molecule has 7 nitrogen and oxygen atoms in total. The van der Waals surface area contributed by atoms with Crippen LogP contribution in [0.5, 0.6) is 0 Å². The van der Waals surface area contributed by atoms with E-state index in [1.807, 2.05) is 67.6 Å². The Kier molecular flexibility index (Phi) is 10.1. The van der Waals surface area contributed by atoms with Crippen molar-refractivity contribution < 1.29 is 18.0 Å². The van der Waals surface area contributed by atoms with Gasteiger partial charge in [-0.1, -0.05) is 79.2 Å². The van der Waals surface area contributed by atoms with Gasteiger partial charge in [-0.25, -0.2) is 8.42 Å². The second-order valence-electron chi connectivity index (χ2n) is 8.75. The van der Waals surface area contributed by atoms with Gasteiger partial charge in [0.15, 0.2) is 0 Å². The van der Waals surface area contributed by atoms with Gasteiger partial charge in [0.2, 0.25) is 21.8 Å². The lowest BCUT2D eigenvalue weighted by Gasteiger charge is -2.33. The van der Waals surface area contributed by atoms with Crippen LogP contribution >= 0.6 is 11.6 Å². The standard InChI is InChI=1S/C28H32ClN3O4S/c1-3-18-30-28(34)26(19-22-10-6-4-7-11-22)31(20-23-12-8-5-9-13-23)27(33)21-32(37(2,35)36)25-16-14-24(29)15-17-25/h4-17,26H,3,18-21H2,1-2H3,(H,30,34)/t26-/m1/s1. The molecule has 0 saturated carbocycles. The molecule has 0 aromatic heterocycles. The monoisotopic (exact) mass is 541 g/mol. The molecule has 0 aliphatic rings. The van der Waals surface area contributed by atoms with Crippen LogP contribution in [-0.2, 0) is 32.6 Å². The van der Waals surface area contributed by atoms with Crippen molar-refractivity contribution in [1.82, 2.24) is 10.2 Å². The van der Waals surface area contributed by atoms with E-state index in [1.165, 1.54) is 4.90 Å². The van der Waals surface area contributed by atoms with Crippen LogP contribution in [0.3, 0.4) is 0 Å². The zero-order valence-electron chi connectivity index (χ0n) is 21.0. The zero-order chi connectivity index (χ0) is 26.8. The average Bonchev–Trinajstić information content (AvgIpc) is 2.89. The van der Waals surface area contributed by atoms with Crippen LogP contribution in [0.4, 0.5) is 5.69 Å². The molecule has 1 atom stereocenters. The van der Waals surface area contributed by atoms with Gasteiger partial charge in [-0.15, -0.1) is 0 Å². The summed E-state index contributed by atoms with van der Waals surface area (Å²) in [6.07, 6.45) is 2.08. The van der Waals surface area contributed by atoms with Crippen molar-refractivity contribution in [3.05, 3.63) is 101 Å². The fraction of sp³-hybridized carbons (Fsp3) is 0.286. The summed E-state index contributed by atoms with van der Waals surface area (Å²) in [6.45, 7) is 2.11. The van der Waals surface area contributed by atoms with Crippen LogP contribution in [-0.4, -0.2) is 50.5 Å². The molecule has 0 spiro atoms. The molecule has 3 aromatic rings. The Balaban J connectivity index is 2.01. The summed E-state index contributed by atoms with van der Waals surface area (Å²) in [5.41, 5.74) is 2.03. The van der Waals surface area contributed by atoms with Gasteiger partial charge in [-0.2, -0.15) is 0 Å². The highest BCUT2D eigenvalue weighted by molar-refractivity contribution is 7.92. The molecule has 37 heavy (non-hydrogen) atoms. The number of hydrogen-bond acceptors (Lipinski definition) is 4. The van der Waals surface area contributed by atoms with E-state index in [9.17, 15) is 18.0 Å². The molecule has 0 unspecified atom stereocenters. The Hall–Kier alpha value is -3.36. The first-order valence-electron chi connectivity index (χ1n) is 12.1. The van der Waals surface area contributed by atoms with Crippen molar-refractivity contribution in [1.29, 1.82) is 0 Å². The lowest BCUT2D eigenvalue weighted by atomic mass is 10.0. The number of nitrogens with one attached hydrogen (secondary N) is 1. The van der Waals surface area contributed by atoms with Crippen LogP contribution in [0.15, 0.2) is 84.9 Å². The van der Waals surface area contributed by atoms with E-state index in [2.05, 4.69) is 5.32 Å². The Bertz CT molecular complexity index is 1270. The maximum atomic E-state index is 13.9. The molecule has 0 saturated heterocycles. The number of carbonyl (C=O) groups excluding carboxylic acids is 2. The minimum Gasteiger partial charge on any atom is -0.354 e. The third-order valence-corrected chi connectivity index (χ3v) is 7.20. The van der Waals surface area contributed by atoms with Gasteiger partial charge in [0.05, 0.1) is 11.9 Å². The van der Waals surface area contributed by atoms with Gasteiger partial charge in [0.1, 0.15) is 12.6 Å². The second kappa shape index (κ2) is 13.3. The summed E-state index contributed by atoms with van der Waals surface area (Å²) in [7, 11) is -3.81. The molecule has 0 fully saturated rings. The molecular formula is C28H32ClN3O4S. The Morgan fingerprint density at radius 3 is 2.00 bits per heavy atom. The van der Waals surface area contributed by atoms with Gasteiger partial charge < -0.3 is 10.2 Å². The van der Waals surface area contributed by atoms with Gasteiger partial charge in [0.25, 0.3) is 0 Å². The molecule has 0 bridgehead atoms. The number of hydrogen-bond donors (Lipinski definition) is 1. The summed E-state index contributed by atoms with van der Waals surface area (Å²) in [5, 5.41) is 3.36. The van der Waals surface area contributed by atoms with Crippen molar-refractivity contribution in [3.63, 3.8) is 0 Å². The van der Waals surface area contributed by atoms with Crippen LogP contribution in [0.2, 0.25) is 5.02 Å². The molecule has 3 rings (SSSR count). The van der Waals surface area contributed by atoms with Gasteiger partial charge in [-0.3, -0.25) is 13.9 Å². The molecule has 196 valence electrons. The summed E-state index contributed by atoms with van der Waals surface area (Å²) >= 11 is 5.98. The fourth-order valence-electron chi connectivity index (χ4n) is 3.92. The largest absolute Gasteiger partial charge is 0.354 e. The summed E-state index contributed by atoms with van der Waals surface area (Å²) < 4.78 is 26.5. The Morgan fingerprint density at radius 2 is 1.46 bits per heavy atom. The summed E-state index contributed by atoms with van der Waals surface area (Å²) in [4.78, 5) is 28.7. The lowest BCUT2D eigenvalue weighted by molar-refractivity contribution is -0.140. The Labute approximate surface area is 224 Å². The number of carbonyl (C=O) groups is 2. The maximum absolute atomic E-state index is 13.9. The van der Waals surface area contributed by atoms with Crippen molar-refractivity contribution in [2.24, 2.45) is 0 Å². The molecule has 2 amide bonds. The van der Waals surface area contributed by atoms with E-state index in [-0.39, 0.29) is 18.9 Å². The fourth-order valence-corrected chi connectivity index (χ4v) is 4.90. The first-order valence-corrected chi connectivity index (χ1v) is 14.3. The predicted octanol–water partition coefficient (Wildman–Crippen LogP) is 4.27. The van der Waals surface area contributed by atoms with Gasteiger partial charge >= 0.3 is 0 Å². The van der Waals surface area contributed by atoms with Crippen molar-refractivity contribution in [2.75, 3.05) is 23.7 Å². The molecule has 0 radical (unpaired) electrons. The number of nitrogens with zero attached hydrogens (tertiary/aromatic N) is 2. The maximum Gasteiger partial charge on any atom is 0.244 e. The highest BCUT2D eigenvalue weighted by Crippen LogP contribution is 2.22. The molecule has 3 aromatic carbocycles. The summed E-state index contributed by atoms with van der Waals surface area (Å²) in [6, 6.07) is 24.2. The van der Waals surface area contributed by atoms with E-state index in [1.54, 1.807) is 24.3 Å². The van der Waals surface area contributed by atoms with Crippen molar-refractivity contribution in [2.45, 2.75) is 32.4 Å².